The van der Waals surface area contributed by atoms with Crippen molar-refractivity contribution in [1.29, 1.82) is 0 Å². The lowest BCUT2D eigenvalue weighted by molar-refractivity contribution is -0.0483. The highest BCUT2D eigenvalue weighted by Crippen LogP contribution is 2.10. The number of benzene rings is 1. The number of aromatic nitrogens is 3. The quantitative estimate of drug-likeness (QED) is 0.846. The predicted octanol–water partition coefficient (Wildman–Crippen LogP) is 0.582. The van der Waals surface area contributed by atoms with Crippen LogP contribution in [0.2, 0.25) is 0 Å². The van der Waals surface area contributed by atoms with E-state index in [0.717, 1.165) is 13.1 Å². The summed E-state index contributed by atoms with van der Waals surface area (Å²) < 4.78 is 7.56. The number of ether oxygens (including phenoxy) is 1. The Bertz CT molecular complexity index is 547. The highest BCUT2D eigenvalue weighted by molar-refractivity contribution is 5.15. The Morgan fingerprint density at radius 1 is 1.32 bits per heavy atom. The summed E-state index contributed by atoms with van der Waals surface area (Å²) in [4.78, 5) is 2.26. The van der Waals surface area contributed by atoms with Crippen molar-refractivity contribution in [2.24, 2.45) is 0 Å². The van der Waals surface area contributed by atoms with E-state index in [1.165, 1.54) is 5.56 Å². The van der Waals surface area contributed by atoms with Gasteiger partial charge in [0.05, 0.1) is 31.6 Å². The molecule has 0 bridgehead atoms. The average Bonchev–Trinajstić information content (AvgIpc) is 3.01. The summed E-state index contributed by atoms with van der Waals surface area (Å²) >= 11 is 0. The van der Waals surface area contributed by atoms with Gasteiger partial charge in [0.25, 0.3) is 0 Å². The van der Waals surface area contributed by atoms with Crippen LogP contribution in [0, 0.1) is 0 Å². The van der Waals surface area contributed by atoms with Crippen molar-refractivity contribution in [2.75, 3.05) is 26.2 Å². The van der Waals surface area contributed by atoms with Gasteiger partial charge in [-0.05, 0) is 12.0 Å². The molecule has 0 aliphatic carbocycles. The van der Waals surface area contributed by atoms with Gasteiger partial charge in [0, 0.05) is 25.8 Å². The molecule has 1 N–H and O–H groups in total. The van der Waals surface area contributed by atoms with Crippen molar-refractivity contribution in [2.45, 2.75) is 25.2 Å². The zero-order chi connectivity index (χ0) is 15.2. The molecule has 0 saturated carbocycles. The minimum atomic E-state index is -0.354. The molecule has 22 heavy (non-hydrogen) atoms. The molecular weight excluding hydrogens is 280 g/mol. The molecule has 6 heteroatoms. The minimum Gasteiger partial charge on any atom is -0.391 e. The molecule has 1 aliphatic rings. The van der Waals surface area contributed by atoms with Crippen molar-refractivity contribution in [3.8, 4) is 0 Å². The van der Waals surface area contributed by atoms with Crippen LogP contribution >= 0.6 is 0 Å². The molecule has 1 aliphatic heterocycles. The Balaban J connectivity index is 1.47. The third-order valence-corrected chi connectivity index (χ3v) is 3.87. The number of hydrogen-bond donors (Lipinski definition) is 1. The van der Waals surface area contributed by atoms with Gasteiger partial charge in [-0.1, -0.05) is 35.5 Å². The predicted molar refractivity (Wildman–Crippen MR) is 82.4 cm³/mol. The molecule has 0 spiro atoms. The maximum absolute atomic E-state index is 10.3. The monoisotopic (exact) mass is 302 g/mol. The molecule has 2 heterocycles. The summed E-state index contributed by atoms with van der Waals surface area (Å²) in [6.07, 6.45) is 3.94. The van der Waals surface area contributed by atoms with Gasteiger partial charge in [0.2, 0.25) is 0 Å². The number of aliphatic hydroxyl groups excluding tert-OH is 1. The Labute approximate surface area is 130 Å². The molecule has 1 aromatic heterocycles. The van der Waals surface area contributed by atoms with Gasteiger partial charge in [-0.25, -0.2) is 4.68 Å². The summed E-state index contributed by atoms with van der Waals surface area (Å²) in [7, 11) is 0. The van der Waals surface area contributed by atoms with Crippen LogP contribution in [-0.2, 0) is 17.7 Å². The van der Waals surface area contributed by atoms with Gasteiger partial charge in [-0.15, -0.1) is 5.10 Å². The van der Waals surface area contributed by atoms with E-state index in [1.807, 2.05) is 24.4 Å². The standard InChI is InChI=1S/C16H22N4O2/c21-15(10-14-4-2-1-3-5-14)11-19-8-9-22-16(12-19)13-20-7-6-17-18-20/h1-7,15-16,21H,8-13H2/t15-,16?/m1/s1. The summed E-state index contributed by atoms with van der Waals surface area (Å²) in [5.74, 6) is 0. The average molecular weight is 302 g/mol. The van der Waals surface area contributed by atoms with E-state index in [2.05, 4.69) is 27.3 Å². The van der Waals surface area contributed by atoms with Gasteiger partial charge in [0.15, 0.2) is 0 Å². The normalized spacial score (nSPS) is 20.9. The third kappa shape index (κ3) is 4.37. The van der Waals surface area contributed by atoms with Crippen LogP contribution in [-0.4, -0.2) is 63.4 Å². The molecule has 2 aromatic rings. The Hall–Kier alpha value is -1.76. The van der Waals surface area contributed by atoms with Crippen LogP contribution in [0.1, 0.15) is 5.56 Å². The Morgan fingerprint density at radius 3 is 2.95 bits per heavy atom. The molecule has 1 aromatic carbocycles. The maximum Gasteiger partial charge on any atom is 0.0898 e. The van der Waals surface area contributed by atoms with Crippen molar-refractivity contribution >= 4 is 0 Å². The first kappa shape index (κ1) is 15.1. The van der Waals surface area contributed by atoms with Gasteiger partial charge >= 0.3 is 0 Å². The third-order valence-electron chi connectivity index (χ3n) is 3.87. The maximum atomic E-state index is 10.3. The second kappa shape index (κ2) is 7.49. The fraction of sp³-hybridized carbons (Fsp3) is 0.500. The van der Waals surface area contributed by atoms with Crippen molar-refractivity contribution in [3.63, 3.8) is 0 Å². The van der Waals surface area contributed by atoms with E-state index < -0.39 is 0 Å². The highest BCUT2D eigenvalue weighted by Gasteiger charge is 2.22. The SMILES string of the molecule is O[C@H](Cc1ccccc1)CN1CCOC(Cn2ccnn2)C1. The van der Waals surface area contributed by atoms with E-state index in [9.17, 15) is 5.11 Å². The Kier molecular flexibility index (Phi) is 5.15. The first-order chi connectivity index (χ1) is 10.8. The van der Waals surface area contributed by atoms with Gasteiger partial charge in [0.1, 0.15) is 0 Å². The summed E-state index contributed by atoms with van der Waals surface area (Å²) in [6.45, 7) is 3.74. The van der Waals surface area contributed by atoms with Gasteiger partial charge < -0.3 is 9.84 Å². The zero-order valence-electron chi connectivity index (χ0n) is 12.6. The van der Waals surface area contributed by atoms with E-state index >= 15 is 0 Å². The van der Waals surface area contributed by atoms with Crippen molar-refractivity contribution < 1.29 is 9.84 Å². The summed E-state index contributed by atoms with van der Waals surface area (Å²) in [5.41, 5.74) is 1.17. The lowest BCUT2D eigenvalue weighted by Crippen LogP contribution is -2.47. The number of β-amino-alcohol motifs (C(OH)–C–C–N with tert-alkyl or cyclic N) is 1. The summed E-state index contributed by atoms with van der Waals surface area (Å²) in [5, 5.41) is 18.1. The molecule has 0 radical (unpaired) electrons. The van der Waals surface area contributed by atoms with Gasteiger partial charge in [-0.2, -0.15) is 0 Å². The van der Waals surface area contributed by atoms with Crippen LogP contribution < -0.4 is 0 Å². The van der Waals surface area contributed by atoms with Crippen LogP contribution in [0.25, 0.3) is 0 Å². The van der Waals surface area contributed by atoms with Crippen molar-refractivity contribution in [1.82, 2.24) is 19.9 Å². The fourth-order valence-corrected chi connectivity index (χ4v) is 2.84. The fourth-order valence-electron chi connectivity index (χ4n) is 2.84. The molecule has 6 nitrogen and oxygen atoms in total. The number of hydrogen-bond acceptors (Lipinski definition) is 5. The lowest BCUT2D eigenvalue weighted by atomic mass is 10.1. The number of nitrogens with zero attached hydrogens (tertiary/aromatic N) is 4. The largest absolute Gasteiger partial charge is 0.391 e. The first-order valence-electron chi connectivity index (χ1n) is 7.69. The van der Waals surface area contributed by atoms with Crippen LogP contribution in [0.5, 0.6) is 0 Å². The van der Waals surface area contributed by atoms with Crippen LogP contribution in [0.3, 0.4) is 0 Å². The number of rotatable bonds is 6. The zero-order valence-corrected chi connectivity index (χ0v) is 12.6. The molecule has 1 fully saturated rings. The second-order valence-electron chi connectivity index (χ2n) is 5.72. The highest BCUT2D eigenvalue weighted by atomic mass is 16.5. The van der Waals surface area contributed by atoms with Gasteiger partial charge in [-0.3, -0.25) is 4.90 Å². The van der Waals surface area contributed by atoms with Crippen molar-refractivity contribution in [3.05, 3.63) is 48.3 Å². The molecule has 1 saturated heterocycles. The summed E-state index contributed by atoms with van der Waals surface area (Å²) in [6, 6.07) is 10.1. The van der Waals surface area contributed by atoms with Crippen LogP contribution in [0.4, 0.5) is 0 Å². The Morgan fingerprint density at radius 2 is 2.18 bits per heavy atom. The topological polar surface area (TPSA) is 63.4 Å². The van der Waals surface area contributed by atoms with E-state index in [4.69, 9.17) is 4.74 Å². The second-order valence-corrected chi connectivity index (χ2v) is 5.72. The number of morpholine rings is 1. The smallest absolute Gasteiger partial charge is 0.0898 e. The van der Waals surface area contributed by atoms with E-state index in [0.29, 0.717) is 26.1 Å². The molecule has 0 amide bonds. The molecule has 3 rings (SSSR count). The molecular formula is C16H22N4O2. The lowest BCUT2D eigenvalue weighted by Gasteiger charge is -2.34. The number of aliphatic hydroxyl groups is 1. The molecule has 2 atom stereocenters. The van der Waals surface area contributed by atoms with Crippen LogP contribution in [0.15, 0.2) is 42.7 Å². The minimum absolute atomic E-state index is 0.0966. The molecule has 1 unspecified atom stereocenters. The van der Waals surface area contributed by atoms with E-state index in [-0.39, 0.29) is 12.2 Å². The first-order valence-corrected chi connectivity index (χ1v) is 7.69. The molecule has 118 valence electrons. The van der Waals surface area contributed by atoms with E-state index in [1.54, 1.807) is 10.9 Å².